The molecule has 0 bridgehead atoms. The molecule has 8 nitrogen and oxygen atoms in total. The standard InChI is InChI=1S/C26H30N4O4/c1-3-29-25(32)23(24(27)30(26(29)33)15-18-8-6-5-7-9-18)22(31)17-28-13-12-19-10-11-21(34-4-2)14-20(19)16-28/h5-11,14H,3-4,12-13,15-17,27H2,1-2H3. The highest BCUT2D eigenvalue weighted by Crippen LogP contribution is 2.24. The van der Waals surface area contributed by atoms with Crippen molar-refractivity contribution < 1.29 is 9.53 Å². The van der Waals surface area contributed by atoms with Gasteiger partial charge in [-0.05, 0) is 49.1 Å². The van der Waals surface area contributed by atoms with E-state index in [2.05, 4.69) is 6.07 Å². The molecule has 34 heavy (non-hydrogen) atoms. The Labute approximate surface area is 198 Å². The van der Waals surface area contributed by atoms with Crippen LogP contribution in [0.1, 0.15) is 40.9 Å². The molecule has 2 N–H and O–H groups in total. The number of carbonyl (C=O) groups excluding carboxylic acids is 1. The van der Waals surface area contributed by atoms with Gasteiger partial charge in [0.15, 0.2) is 5.78 Å². The lowest BCUT2D eigenvalue weighted by Gasteiger charge is -2.28. The van der Waals surface area contributed by atoms with Crippen molar-refractivity contribution in [2.45, 2.75) is 39.9 Å². The summed E-state index contributed by atoms with van der Waals surface area (Å²) in [5, 5.41) is 0. The van der Waals surface area contributed by atoms with Crippen LogP contribution in [-0.4, -0.2) is 39.5 Å². The molecule has 0 radical (unpaired) electrons. The molecule has 3 aromatic rings. The Morgan fingerprint density at radius 2 is 1.79 bits per heavy atom. The summed E-state index contributed by atoms with van der Waals surface area (Å²) in [6.07, 6.45) is 0.803. The zero-order valence-corrected chi connectivity index (χ0v) is 19.6. The lowest BCUT2D eigenvalue weighted by molar-refractivity contribution is 0.0919. The van der Waals surface area contributed by atoms with Crippen molar-refractivity contribution in [2.75, 3.05) is 25.4 Å². The molecule has 0 atom stereocenters. The highest BCUT2D eigenvalue weighted by Gasteiger charge is 2.26. The monoisotopic (exact) mass is 462 g/mol. The number of anilines is 1. The normalized spacial score (nSPS) is 13.5. The number of nitrogens with zero attached hydrogens (tertiary/aromatic N) is 3. The number of hydrogen-bond donors (Lipinski definition) is 1. The quantitative estimate of drug-likeness (QED) is 0.516. The number of rotatable bonds is 8. The van der Waals surface area contributed by atoms with Crippen molar-refractivity contribution in [3.63, 3.8) is 0 Å². The maximum Gasteiger partial charge on any atom is 0.332 e. The van der Waals surface area contributed by atoms with Crippen LogP contribution < -0.4 is 21.7 Å². The first kappa shape index (κ1) is 23.5. The molecule has 1 aliphatic heterocycles. The Hall–Kier alpha value is -3.65. The van der Waals surface area contributed by atoms with Crippen LogP contribution in [0.4, 0.5) is 5.82 Å². The number of nitrogens with two attached hydrogens (primary N) is 1. The maximum atomic E-state index is 13.3. The van der Waals surface area contributed by atoms with E-state index in [4.69, 9.17) is 10.5 Å². The fourth-order valence-corrected chi connectivity index (χ4v) is 4.44. The predicted octanol–water partition coefficient (Wildman–Crippen LogP) is 2.30. The van der Waals surface area contributed by atoms with Gasteiger partial charge in [-0.25, -0.2) is 4.79 Å². The number of Topliss-reactive ketones (excluding diaryl/α,β-unsaturated/α-hetero) is 1. The Bertz CT molecular complexity index is 1310. The predicted molar refractivity (Wildman–Crippen MR) is 132 cm³/mol. The minimum absolute atomic E-state index is 0.0466. The highest BCUT2D eigenvalue weighted by molar-refractivity contribution is 6.01. The van der Waals surface area contributed by atoms with E-state index in [1.165, 1.54) is 10.1 Å². The molecule has 0 saturated carbocycles. The molecule has 0 spiro atoms. The molecule has 0 saturated heterocycles. The number of hydrogen-bond acceptors (Lipinski definition) is 6. The first-order chi connectivity index (χ1) is 16.4. The van der Waals surface area contributed by atoms with Gasteiger partial charge >= 0.3 is 5.69 Å². The molecular formula is C26H30N4O4. The number of ketones is 1. The van der Waals surface area contributed by atoms with Crippen molar-refractivity contribution in [2.24, 2.45) is 0 Å². The SMILES string of the molecule is CCOc1ccc2c(c1)CN(CC(=O)c1c(N)n(Cc3ccccc3)c(=O)n(CC)c1=O)CC2. The van der Waals surface area contributed by atoms with Gasteiger partial charge in [0.1, 0.15) is 17.1 Å². The van der Waals surface area contributed by atoms with Gasteiger partial charge in [-0.15, -0.1) is 0 Å². The lowest BCUT2D eigenvalue weighted by atomic mass is 9.99. The molecule has 8 heteroatoms. The Morgan fingerprint density at radius 3 is 2.50 bits per heavy atom. The number of benzene rings is 2. The Balaban J connectivity index is 1.63. The van der Waals surface area contributed by atoms with Gasteiger partial charge < -0.3 is 10.5 Å². The first-order valence-electron chi connectivity index (χ1n) is 11.6. The van der Waals surface area contributed by atoms with Crippen LogP contribution >= 0.6 is 0 Å². The minimum atomic E-state index is -0.629. The van der Waals surface area contributed by atoms with Gasteiger partial charge in [-0.2, -0.15) is 0 Å². The number of nitrogen functional groups attached to an aromatic ring is 1. The van der Waals surface area contributed by atoms with Crippen LogP contribution in [0.2, 0.25) is 0 Å². The third kappa shape index (κ3) is 4.68. The Kier molecular flexibility index (Phi) is 6.98. The second-order valence-electron chi connectivity index (χ2n) is 8.41. The van der Waals surface area contributed by atoms with Crippen LogP contribution in [0.3, 0.4) is 0 Å². The van der Waals surface area contributed by atoms with Crippen LogP contribution in [0, 0.1) is 0 Å². The van der Waals surface area contributed by atoms with E-state index in [0.717, 1.165) is 27.9 Å². The molecule has 0 unspecified atom stereocenters. The van der Waals surface area contributed by atoms with Crippen molar-refractivity contribution >= 4 is 11.6 Å². The van der Waals surface area contributed by atoms with Crippen LogP contribution in [0.5, 0.6) is 5.75 Å². The van der Waals surface area contributed by atoms with E-state index >= 15 is 0 Å². The number of fused-ring (bicyclic) bond motifs is 1. The molecule has 0 aliphatic carbocycles. The average molecular weight is 463 g/mol. The van der Waals surface area contributed by atoms with Gasteiger partial charge in [-0.1, -0.05) is 36.4 Å². The van der Waals surface area contributed by atoms with Crippen molar-refractivity contribution in [1.29, 1.82) is 0 Å². The van der Waals surface area contributed by atoms with Crippen molar-refractivity contribution in [3.8, 4) is 5.75 Å². The van der Waals surface area contributed by atoms with Crippen molar-refractivity contribution in [3.05, 3.63) is 91.6 Å². The molecule has 1 aliphatic rings. The van der Waals surface area contributed by atoms with E-state index in [1.54, 1.807) is 6.92 Å². The molecule has 2 aromatic carbocycles. The van der Waals surface area contributed by atoms with Gasteiger partial charge in [0.25, 0.3) is 5.56 Å². The number of carbonyl (C=O) groups is 1. The smallest absolute Gasteiger partial charge is 0.332 e. The van der Waals surface area contributed by atoms with E-state index in [9.17, 15) is 14.4 Å². The summed E-state index contributed by atoms with van der Waals surface area (Å²) >= 11 is 0. The van der Waals surface area contributed by atoms with E-state index < -0.39 is 11.2 Å². The molecule has 178 valence electrons. The fourth-order valence-electron chi connectivity index (χ4n) is 4.44. The largest absolute Gasteiger partial charge is 0.494 e. The second kappa shape index (κ2) is 10.1. The summed E-state index contributed by atoms with van der Waals surface area (Å²) in [6.45, 7) is 5.89. The molecule has 2 heterocycles. The number of ether oxygens (including phenoxy) is 1. The van der Waals surface area contributed by atoms with Gasteiger partial charge in [0.2, 0.25) is 0 Å². The first-order valence-corrected chi connectivity index (χ1v) is 11.6. The van der Waals surface area contributed by atoms with Crippen LogP contribution in [0.25, 0.3) is 0 Å². The van der Waals surface area contributed by atoms with Crippen LogP contribution in [-0.2, 0) is 26.1 Å². The summed E-state index contributed by atoms with van der Waals surface area (Å²) in [6, 6.07) is 15.4. The van der Waals surface area contributed by atoms with Gasteiger partial charge in [0.05, 0.1) is 19.7 Å². The maximum absolute atomic E-state index is 13.3. The molecule has 4 rings (SSSR count). The molecule has 0 amide bonds. The van der Waals surface area contributed by atoms with E-state index in [0.29, 0.717) is 19.7 Å². The summed E-state index contributed by atoms with van der Waals surface area (Å²) < 4.78 is 8.00. The van der Waals surface area contributed by atoms with Gasteiger partial charge in [0, 0.05) is 19.6 Å². The third-order valence-corrected chi connectivity index (χ3v) is 6.19. The minimum Gasteiger partial charge on any atom is -0.494 e. The lowest BCUT2D eigenvalue weighted by Crippen LogP contribution is -2.45. The van der Waals surface area contributed by atoms with E-state index in [-0.39, 0.29) is 36.8 Å². The summed E-state index contributed by atoms with van der Waals surface area (Å²) in [4.78, 5) is 41.4. The van der Waals surface area contributed by atoms with Gasteiger partial charge in [-0.3, -0.25) is 23.6 Å². The topological polar surface area (TPSA) is 99.6 Å². The summed E-state index contributed by atoms with van der Waals surface area (Å²) in [5.74, 6) is 0.345. The summed E-state index contributed by atoms with van der Waals surface area (Å²) in [7, 11) is 0. The van der Waals surface area contributed by atoms with E-state index in [1.807, 2.05) is 54.3 Å². The Morgan fingerprint density at radius 1 is 1.03 bits per heavy atom. The molecule has 1 aromatic heterocycles. The second-order valence-corrected chi connectivity index (χ2v) is 8.41. The zero-order chi connectivity index (χ0) is 24.2. The summed E-state index contributed by atoms with van der Waals surface area (Å²) in [5.41, 5.74) is 8.22. The number of aromatic nitrogens is 2. The fraction of sp³-hybridized carbons (Fsp3) is 0.346. The van der Waals surface area contributed by atoms with Crippen LogP contribution in [0.15, 0.2) is 58.1 Å². The molecular weight excluding hydrogens is 432 g/mol. The third-order valence-electron chi connectivity index (χ3n) is 6.19. The zero-order valence-electron chi connectivity index (χ0n) is 19.6. The average Bonchev–Trinajstić information content (AvgIpc) is 2.83. The molecule has 0 fully saturated rings. The highest BCUT2D eigenvalue weighted by atomic mass is 16.5. The van der Waals surface area contributed by atoms with Crippen molar-refractivity contribution in [1.82, 2.24) is 14.0 Å².